The van der Waals surface area contributed by atoms with Gasteiger partial charge < -0.3 is 0 Å². The Morgan fingerprint density at radius 3 is 2.26 bits per heavy atom. The zero-order chi connectivity index (χ0) is 14.0. The van der Waals surface area contributed by atoms with Crippen molar-refractivity contribution in [3.05, 3.63) is 53.9 Å². The number of nitrogens with zero attached hydrogens (tertiary/aromatic N) is 1. The molecule has 0 saturated carbocycles. The third-order valence-corrected chi connectivity index (χ3v) is 3.12. The van der Waals surface area contributed by atoms with E-state index in [1.54, 1.807) is 0 Å². The lowest BCUT2D eigenvalue weighted by Gasteiger charge is -2.07. The molecular weight excluding hydrogens is 285 g/mol. The summed E-state index contributed by atoms with van der Waals surface area (Å²) >= 11 is 0.872. The zero-order valence-electron chi connectivity index (χ0n) is 9.21. The number of pyridine rings is 1. The van der Waals surface area contributed by atoms with E-state index in [1.165, 1.54) is 12.3 Å². The second kappa shape index (κ2) is 5.16. The number of hydrogen-bond donors (Lipinski definition) is 0. The molecule has 1 aromatic carbocycles. The van der Waals surface area contributed by atoms with Gasteiger partial charge in [-0.3, -0.25) is 4.98 Å². The number of aromatic nitrogens is 1. The van der Waals surface area contributed by atoms with Gasteiger partial charge in [0.2, 0.25) is 0 Å². The molecule has 2 rings (SSSR count). The molecule has 0 N–H and O–H groups in total. The van der Waals surface area contributed by atoms with Gasteiger partial charge in [-0.15, -0.1) is 0 Å². The molecule has 0 unspecified atom stereocenters. The van der Waals surface area contributed by atoms with E-state index in [2.05, 4.69) is 4.98 Å². The van der Waals surface area contributed by atoms with Gasteiger partial charge in [0.15, 0.2) is 11.6 Å². The van der Waals surface area contributed by atoms with E-state index in [0.29, 0.717) is 11.1 Å². The van der Waals surface area contributed by atoms with Crippen molar-refractivity contribution in [2.45, 2.75) is 16.0 Å². The Kier molecular flexibility index (Phi) is 3.75. The Labute approximate surface area is 109 Å². The van der Waals surface area contributed by atoms with Crippen molar-refractivity contribution in [2.75, 3.05) is 0 Å². The summed E-state index contributed by atoms with van der Waals surface area (Å²) < 4.78 is 63.1. The molecule has 0 atom stereocenters. The molecule has 0 spiro atoms. The van der Waals surface area contributed by atoms with E-state index in [1.807, 2.05) is 0 Å². The van der Waals surface area contributed by atoms with Crippen molar-refractivity contribution in [1.82, 2.24) is 4.98 Å². The van der Waals surface area contributed by atoms with Crippen LogP contribution in [-0.4, -0.2) is 4.98 Å². The molecule has 7 heteroatoms. The highest BCUT2D eigenvalue weighted by Crippen LogP contribution is 2.33. The summed E-state index contributed by atoms with van der Waals surface area (Å²) in [4.78, 5) is 3.97. The van der Waals surface area contributed by atoms with Crippen LogP contribution >= 0.6 is 11.8 Å². The average molecular weight is 291 g/mol. The Bertz CT molecular complexity index is 597. The standard InChI is InChI=1S/C12H6F5NS/c13-10-2-1-8(4-11(10)14)19-9-3-7(5-18-6-9)12(15,16)17/h1-6H. The van der Waals surface area contributed by atoms with Crippen LogP contribution in [0.15, 0.2) is 46.5 Å². The molecule has 0 amide bonds. The lowest BCUT2D eigenvalue weighted by Crippen LogP contribution is -2.05. The fourth-order valence-electron chi connectivity index (χ4n) is 1.31. The van der Waals surface area contributed by atoms with E-state index < -0.39 is 23.4 Å². The summed E-state index contributed by atoms with van der Waals surface area (Å²) in [6.07, 6.45) is -2.56. The van der Waals surface area contributed by atoms with Crippen molar-refractivity contribution in [1.29, 1.82) is 0 Å². The predicted octanol–water partition coefficient (Wildman–Crippen LogP) is 4.53. The second-order valence-corrected chi connectivity index (χ2v) is 4.73. The monoisotopic (exact) mass is 291 g/mol. The minimum absolute atomic E-state index is 0.195. The molecule has 1 nitrogen and oxygen atoms in total. The third-order valence-electron chi connectivity index (χ3n) is 2.17. The molecular formula is C12H6F5NS. The molecule has 1 aromatic heterocycles. The van der Waals surface area contributed by atoms with Crippen molar-refractivity contribution < 1.29 is 22.0 Å². The summed E-state index contributed by atoms with van der Waals surface area (Å²) in [6, 6.07) is 4.02. The normalized spacial score (nSPS) is 11.6. The van der Waals surface area contributed by atoms with E-state index in [-0.39, 0.29) is 4.90 Å². The first kappa shape index (κ1) is 13.8. The molecule has 19 heavy (non-hydrogen) atoms. The van der Waals surface area contributed by atoms with Gasteiger partial charge in [-0.05, 0) is 24.3 Å². The Balaban J connectivity index is 2.26. The van der Waals surface area contributed by atoms with Crippen LogP contribution in [0.3, 0.4) is 0 Å². The molecule has 0 aliphatic carbocycles. The van der Waals surface area contributed by atoms with Crippen molar-refractivity contribution in [3.8, 4) is 0 Å². The van der Waals surface area contributed by atoms with Crippen LogP contribution < -0.4 is 0 Å². The number of benzene rings is 1. The van der Waals surface area contributed by atoms with Gasteiger partial charge in [0.1, 0.15) is 0 Å². The molecule has 100 valence electrons. The third kappa shape index (κ3) is 3.44. The van der Waals surface area contributed by atoms with Gasteiger partial charge in [0.25, 0.3) is 0 Å². The second-order valence-electron chi connectivity index (χ2n) is 3.59. The smallest absolute Gasteiger partial charge is 0.263 e. The molecule has 2 aromatic rings. The van der Waals surface area contributed by atoms with Crippen molar-refractivity contribution in [2.24, 2.45) is 0 Å². The first-order chi connectivity index (χ1) is 8.86. The van der Waals surface area contributed by atoms with Crippen LogP contribution in [0.4, 0.5) is 22.0 Å². The molecule has 1 heterocycles. The van der Waals surface area contributed by atoms with Gasteiger partial charge >= 0.3 is 6.18 Å². The molecule has 0 aliphatic rings. The van der Waals surface area contributed by atoms with Crippen LogP contribution in [-0.2, 0) is 6.18 Å². The highest BCUT2D eigenvalue weighted by molar-refractivity contribution is 7.99. The lowest BCUT2D eigenvalue weighted by molar-refractivity contribution is -0.138. The summed E-state index contributed by atoms with van der Waals surface area (Å²) in [5, 5.41) is 0. The number of alkyl halides is 3. The summed E-state index contributed by atoms with van der Waals surface area (Å²) in [5.41, 5.74) is -0.889. The summed E-state index contributed by atoms with van der Waals surface area (Å²) in [5.74, 6) is -2.06. The van der Waals surface area contributed by atoms with Gasteiger partial charge in [-0.2, -0.15) is 13.2 Å². The number of halogens is 5. The maximum absolute atomic E-state index is 13.0. The molecule has 0 bridgehead atoms. The van der Waals surface area contributed by atoms with E-state index in [9.17, 15) is 22.0 Å². The van der Waals surface area contributed by atoms with Crippen LogP contribution in [0, 0.1) is 11.6 Å². The van der Waals surface area contributed by atoms with Gasteiger partial charge in [-0.1, -0.05) is 11.8 Å². The average Bonchev–Trinajstić information content (AvgIpc) is 2.33. The van der Waals surface area contributed by atoms with Crippen LogP contribution in [0.2, 0.25) is 0 Å². The fourth-order valence-corrected chi connectivity index (χ4v) is 2.18. The highest BCUT2D eigenvalue weighted by atomic mass is 32.2. The maximum Gasteiger partial charge on any atom is 0.417 e. The van der Waals surface area contributed by atoms with Gasteiger partial charge in [-0.25, -0.2) is 8.78 Å². The Hall–Kier alpha value is -1.63. The summed E-state index contributed by atoms with van der Waals surface area (Å²) in [7, 11) is 0. The van der Waals surface area contributed by atoms with Crippen LogP contribution in [0.5, 0.6) is 0 Å². The maximum atomic E-state index is 13.0. The van der Waals surface area contributed by atoms with E-state index in [4.69, 9.17) is 0 Å². The van der Waals surface area contributed by atoms with Crippen molar-refractivity contribution >= 4 is 11.8 Å². The quantitative estimate of drug-likeness (QED) is 0.754. The van der Waals surface area contributed by atoms with E-state index in [0.717, 1.165) is 30.0 Å². The highest BCUT2D eigenvalue weighted by Gasteiger charge is 2.31. The Morgan fingerprint density at radius 2 is 1.63 bits per heavy atom. The van der Waals surface area contributed by atoms with E-state index >= 15 is 0 Å². The largest absolute Gasteiger partial charge is 0.417 e. The zero-order valence-corrected chi connectivity index (χ0v) is 10.0. The SMILES string of the molecule is Fc1ccc(Sc2cncc(C(F)(F)F)c2)cc1F. The first-order valence-corrected chi connectivity index (χ1v) is 5.83. The minimum Gasteiger partial charge on any atom is -0.263 e. The fraction of sp³-hybridized carbons (Fsp3) is 0.0833. The van der Waals surface area contributed by atoms with Crippen LogP contribution in [0.25, 0.3) is 0 Å². The number of hydrogen-bond acceptors (Lipinski definition) is 2. The molecule has 0 fully saturated rings. The Morgan fingerprint density at radius 1 is 0.895 bits per heavy atom. The molecule has 0 radical (unpaired) electrons. The molecule has 0 saturated heterocycles. The molecule has 0 aliphatic heterocycles. The van der Waals surface area contributed by atoms with Gasteiger partial charge in [0, 0.05) is 22.2 Å². The first-order valence-electron chi connectivity index (χ1n) is 5.01. The summed E-state index contributed by atoms with van der Waals surface area (Å²) in [6.45, 7) is 0. The van der Waals surface area contributed by atoms with Crippen molar-refractivity contribution in [3.63, 3.8) is 0 Å². The topological polar surface area (TPSA) is 12.9 Å². The minimum atomic E-state index is -4.49. The predicted molar refractivity (Wildman–Crippen MR) is 59.7 cm³/mol. The number of rotatable bonds is 2. The van der Waals surface area contributed by atoms with Crippen LogP contribution in [0.1, 0.15) is 5.56 Å². The van der Waals surface area contributed by atoms with Gasteiger partial charge in [0.05, 0.1) is 5.56 Å². The lowest BCUT2D eigenvalue weighted by atomic mass is 10.3.